The van der Waals surface area contributed by atoms with E-state index >= 15 is 0 Å². The summed E-state index contributed by atoms with van der Waals surface area (Å²) in [4.78, 5) is 10.7. The van der Waals surface area contributed by atoms with Crippen LogP contribution in [0.4, 0.5) is 4.39 Å². The number of rotatable bonds is 1. The van der Waals surface area contributed by atoms with Crippen LogP contribution in [0, 0.1) is 0 Å². The van der Waals surface area contributed by atoms with Gasteiger partial charge in [-0.2, -0.15) is 0 Å². The molecule has 0 unspecified atom stereocenters. The summed E-state index contributed by atoms with van der Waals surface area (Å²) in [5.41, 5.74) is -2.22. The molecule has 0 saturated heterocycles. The third-order valence-corrected chi connectivity index (χ3v) is 1.89. The molecule has 0 radical (unpaired) electrons. The van der Waals surface area contributed by atoms with Crippen molar-refractivity contribution in [3.05, 3.63) is 28.3 Å². The summed E-state index contributed by atoms with van der Waals surface area (Å²) >= 11 is 0. The molecule has 1 fully saturated rings. The van der Waals surface area contributed by atoms with Crippen LogP contribution in [0.15, 0.2) is 21.3 Å². The Kier molecular flexibility index (Phi) is 1.28. The zero-order valence-electron chi connectivity index (χ0n) is 6.21. The van der Waals surface area contributed by atoms with Crippen LogP contribution in [-0.4, -0.2) is 5.11 Å². The Morgan fingerprint density at radius 2 is 2.17 bits per heavy atom. The molecule has 4 heteroatoms. The fraction of sp³-hybridized carbons (Fsp3) is 0.375. The Balaban J connectivity index is 2.51. The van der Waals surface area contributed by atoms with Gasteiger partial charge in [-0.1, -0.05) is 0 Å². The van der Waals surface area contributed by atoms with Crippen molar-refractivity contribution in [1.29, 1.82) is 0 Å². The highest BCUT2D eigenvalue weighted by Crippen LogP contribution is 2.49. The molecule has 2 rings (SSSR count). The van der Waals surface area contributed by atoms with Crippen molar-refractivity contribution in [2.75, 3.05) is 0 Å². The Labute approximate surface area is 67.4 Å². The quantitative estimate of drug-likeness (QED) is 0.691. The van der Waals surface area contributed by atoms with Gasteiger partial charge in [-0.25, -0.2) is 9.18 Å². The highest BCUT2D eigenvalue weighted by Gasteiger charge is 2.48. The van der Waals surface area contributed by atoms with E-state index in [0.717, 1.165) is 12.1 Å². The predicted octanol–water partition coefficient (Wildman–Crippen LogP) is 1.30. The molecule has 0 aliphatic heterocycles. The lowest BCUT2D eigenvalue weighted by molar-refractivity contribution is 0.247. The molecule has 0 amide bonds. The third-order valence-electron chi connectivity index (χ3n) is 1.89. The molecule has 1 aliphatic rings. The summed E-state index contributed by atoms with van der Waals surface area (Å²) in [6.07, 6.45) is 0.721. The lowest BCUT2D eigenvalue weighted by Crippen LogP contribution is -2.04. The van der Waals surface area contributed by atoms with Crippen LogP contribution >= 0.6 is 0 Å². The lowest BCUT2D eigenvalue weighted by atomic mass is 10.2. The molecule has 3 nitrogen and oxygen atoms in total. The van der Waals surface area contributed by atoms with Crippen molar-refractivity contribution in [3.8, 4) is 5.75 Å². The Hall–Kier alpha value is -1.32. The smallest absolute Gasteiger partial charge is 0.339 e. The summed E-state index contributed by atoms with van der Waals surface area (Å²) in [5, 5.41) is 8.96. The molecule has 0 atom stereocenters. The van der Waals surface area contributed by atoms with Crippen molar-refractivity contribution < 1.29 is 13.9 Å². The van der Waals surface area contributed by atoms with Crippen LogP contribution in [0.1, 0.15) is 18.6 Å². The fourth-order valence-corrected chi connectivity index (χ4v) is 1.04. The van der Waals surface area contributed by atoms with Gasteiger partial charge in [0.15, 0.2) is 5.67 Å². The van der Waals surface area contributed by atoms with Gasteiger partial charge < -0.3 is 9.52 Å². The second-order valence-electron chi connectivity index (χ2n) is 2.96. The van der Waals surface area contributed by atoms with Gasteiger partial charge in [0.2, 0.25) is 0 Å². The van der Waals surface area contributed by atoms with Crippen molar-refractivity contribution in [1.82, 2.24) is 0 Å². The summed E-state index contributed by atoms with van der Waals surface area (Å²) < 4.78 is 17.8. The molecule has 1 N–H and O–H groups in total. The number of aromatic hydroxyl groups is 1. The van der Waals surface area contributed by atoms with E-state index in [-0.39, 0.29) is 11.5 Å². The standard InChI is InChI=1S/C8H7FO3/c9-8(1-2-8)6-3-5(10)4-7(11)12-6/h3-4,10H,1-2H2. The highest BCUT2D eigenvalue weighted by molar-refractivity contribution is 5.25. The van der Waals surface area contributed by atoms with E-state index in [9.17, 15) is 9.18 Å². The second-order valence-corrected chi connectivity index (χ2v) is 2.96. The summed E-state index contributed by atoms with van der Waals surface area (Å²) in [5.74, 6) is -0.308. The molecule has 1 aromatic rings. The van der Waals surface area contributed by atoms with Gasteiger partial charge in [0, 0.05) is 6.07 Å². The molecule has 64 valence electrons. The Bertz CT molecular complexity index is 365. The molecular weight excluding hydrogens is 163 g/mol. The molecule has 1 heterocycles. The largest absolute Gasteiger partial charge is 0.508 e. The third kappa shape index (κ3) is 1.09. The maximum Gasteiger partial charge on any atom is 0.339 e. The number of halogens is 1. The van der Waals surface area contributed by atoms with E-state index < -0.39 is 11.3 Å². The maximum atomic E-state index is 13.2. The number of hydrogen-bond acceptors (Lipinski definition) is 3. The molecule has 12 heavy (non-hydrogen) atoms. The van der Waals surface area contributed by atoms with Crippen molar-refractivity contribution >= 4 is 0 Å². The van der Waals surface area contributed by atoms with Crippen molar-refractivity contribution in [2.24, 2.45) is 0 Å². The number of hydrogen-bond donors (Lipinski definition) is 1. The molecule has 1 aliphatic carbocycles. The average Bonchev–Trinajstić information content (AvgIpc) is 2.67. The first-order valence-electron chi connectivity index (χ1n) is 3.64. The summed E-state index contributed by atoms with van der Waals surface area (Å²) in [7, 11) is 0. The van der Waals surface area contributed by atoms with E-state index in [4.69, 9.17) is 5.11 Å². The molecule has 1 aromatic heterocycles. The highest BCUT2D eigenvalue weighted by atomic mass is 19.1. The van der Waals surface area contributed by atoms with Gasteiger partial charge in [-0.15, -0.1) is 0 Å². The van der Waals surface area contributed by atoms with E-state index in [0.29, 0.717) is 12.8 Å². The van der Waals surface area contributed by atoms with Crippen LogP contribution in [0.2, 0.25) is 0 Å². The monoisotopic (exact) mass is 170 g/mol. The van der Waals surface area contributed by atoms with Crippen molar-refractivity contribution in [3.63, 3.8) is 0 Å². The van der Waals surface area contributed by atoms with Gasteiger partial charge in [-0.05, 0) is 12.8 Å². The summed E-state index contributed by atoms with van der Waals surface area (Å²) in [6, 6.07) is 2.06. The molecule has 0 bridgehead atoms. The number of alkyl halides is 1. The average molecular weight is 170 g/mol. The van der Waals surface area contributed by atoms with Crippen molar-refractivity contribution in [2.45, 2.75) is 18.5 Å². The first-order valence-corrected chi connectivity index (χ1v) is 3.64. The molecular formula is C8H7FO3. The van der Waals surface area contributed by atoms with Gasteiger partial charge in [-0.3, -0.25) is 0 Å². The Morgan fingerprint density at radius 1 is 1.50 bits per heavy atom. The van der Waals surface area contributed by atoms with Crippen LogP contribution in [-0.2, 0) is 5.67 Å². The Morgan fingerprint density at radius 3 is 2.67 bits per heavy atom. The zero-order chi connectivity index (χ0) is 8.77. The van der Waals surface area contributed by atoms with E-state index in [1.54, 1.807) is 0 Å². The van der Waals surface area contributed by atoms with E-state index in [2.05, 4.69) is 4.42 Å². The van der Waals surface area contributed by atoms with E-state index in [1.165, 1.54) is 0 Å². The van der Waals surface area contributed by atoms with Crippen LogP contribution < -0.4 is 5.63 Å². The minimum absolute atomic E-state index is 0.0625. The normalized spacial score (nSPS) is 19.1. The first-order chi connectivity index (χ1) is 5.60. The van der Waals surface area contributed by atoms with Gasteiger partial charge >= 0.3 is 5.63 Å². The predicted molar refractivity (Wildman–Crippen MR) is 38.7 cm³/mol. The second kappa shape index (κ2) is 2.09. The van der Waals surface area contributed by atoms with Gasteiger partial charge in [0.05, 0.1) is 6.07 Å². The van der Waals surface area contributed by atoms with E-state index in [1.807, 2.05) is 0 Å². The SMILES string of the molecule is O=c1cc(O)cc(C2(F)CC2)o1. The molecule has 1 saturated carbocycles. The maximum absolute atomic E-state index is 13.2. The minimum atomic E-state index is -1.50. The zero-order valence-corrected chi connectivity index (χ0v) is 6.21. The van der Waals surface area contributed by atoms with Crippen LogP contribution in [0.5, 0.6) is 5.75 Å². The lowest BCUT2D eigenvalue weighted by Gasteiger charge is -2.01. The minimum Gasteiger partial charge on any atom is -0.508 e. The van der Waals surface area contributed by atoms with Crippen LogP contribution in [0.25, 0.3) is 0 Å². The van der Waals surface area contributed by atoms with Crippen LogP contribution in [0.3, 0.4) is 0 Å². The molecule has 0 aromatic carbocycles. The topological polar surface area (TPSA) is 50.4 Å². The fourth-order valence-electron chi connectivity index (χ4n) is 1.04. The summed E-state index contributed by atoms with van der Waals surface area (Å²) in [6.45, 7) is 0. The molecule has 0 spiro atoms. The van der Waals surface area contributed by atoms with Gasteiger partial charge in [0.1, 0.15) is 11.5 Å². The first kappa shape index (κ1) is 7.34. The van der Waals surface area contributed by atoms with Gasteiger partial charge in [0.25, 0.3) is 0 Å².